The lowest BCUT2D eigenvalue weighted by Gasteiger charge is -2.37. The lowest BCUT2D eigenvalue weighted by molar-refractivity contribution is -0.123. The van der Waals surface area contributed by atoms with Crippen molar-refractivity contribution in [3.8, 4) is 5.75 Å². The molecule has 0 radical (unpaired) electrons. The average Bonchev–Trinajstić information content (AvgIpc) is 2.78. The van der Waals surface area contributed by atoms with Crippen LogP contribution in [0.1, 0.15) is 35.2 Å². The number of likely N-dealkylation sites (tertiary alicyclic amines) is 1. The Hall–Kier alpha value is -2.89. The molecule has 1 atom stereocenters. The van der Waals surface area contributed by atoms with Crippen LogP contribution in [0.25, 0.3) is 0 Å². The molecule has 152 valence electrons. The van der Waals surface area contributed by atoms with Gasteiger partial charge in [-0.2, -0.15) is 0 Å². The second-order valence-corrected chi connectivity index (χ2v) is 7.69. The minimum atomic E-state index is -0.367. The number of hydrogen-bond acceptors (Lipinski definition) is 3. The molecule has 1 unspecified atom stereocenters. The number of carbonyl (C=O) groups is 2. The number of rotatable bonds is 3. The maximum absolute atomic E-state index is 13.3. The van der Waals surface area contributed by atoms with Crippen molar-refractivity contribution in [2.75, 3.05) is 31.6 Å². The van der Waals surface area contributed by atoms with Crippen molar-refractivity contribution in [3.05, 3.63) is 59.4 Å². The molecule has 2 aromatic rings. The van der Waals surface area contributed by atoms with Gasteiger partial charge in [-0.3, -0.25) is 9.59 Å². The monoisotopic (exact) mass is 396 g/mol. The van der Waals surface area contributed by atoms with Crippen LogP contribution in [-0.2, 0) is 11.2 Å². The third kappa shape index (κ3) is 3.97. The summed E-state index contributed by atoms with van der Waals surface area (Å²) >= 11 is 0. The van der Waals surface area contributed by atoms with E-state index < -0.39 is 0 Å². The Morgan fingerprint density at radius 3 is 2.62 bits per heavy atom. The largest absolute Gasteiger partial charge is 0.497 e. The van der Waals surface area contributed by atoms with Gasteiger partial charge in [-0.15, -0.1) is 0 Å². The summed E-state index contributed by atoms with van der Waals surface area (Å²) in [6.07, 6.45) is 3.40. The molecule has 2 aliphatic rings. The van der Waals surface area contributed by atoms with E-state index in [1.165, 1.54) is 24.3 Å². The van der Waals surface area contributed by atoms with Gasteiger partial charge in [0.05, 0.1) is 13.0 Å². The first-order valence-corrected chi connectivity index (χ1v) is 10.1. The van der Waals surface area contributed by atoms with Gasteiger partial charge in [0.1, 0.15) is 11.6 Å². The molecule has 0 bridgehead atoms. The third-order valence-electron chi connectivity index (χ3n) is 5.82. The Morgan fingerprint density at radius 1 is 1.07 bits per heavy atom. The van der Waals surface area contributed by atoms with Crippen molar-refractivity contribution in [1.82, 2.24) is 4.90 Å². The summed E-state index contributed by atoms with van der Waals surface area (Å²) in [7, 11) is 1.64. The van der Waals surface area contributed by atoms with Crippen molar-refractivity contribution < 1.29 is 18.7 Å². The van der Waals surface area contributed by atoms with Crippen LogP contribution in [0.5, 0.6) is 5.75 Å². The Balaban J connectivity index is 1.50. The zero-order chi connectivity index (χ0) is 20.4. The fraction of sp³-hybridized carbons (Fsp3) is 0.391. The van der Waals surface area contributed by atoms with Crippen molar-refractivity contribution in [3.63, 3.8) is 0 Å². The van der Waals surface area contributed by atoms with Crippen molar-refractivity contribution in [1.29, 1.82) is 0 Å². The van der Waals surface area contributed by atoms with Gasteiger partial charge in [0.2, 0.25) is 5.91 Å². The van der Waals surface area contributed by atoms with Crippen LogP contribution in [0.15, 0.2) is 42.5 Å². The summed E-state index contributed by atoms with van der Waals surface area (Å²) in [6.45, 7) is 1.71. The van der Waals surface area contributed by atoms with Gasteiger partial charge in [0.25, 0.3) is 5.91 Å². The first kappa shape index (κ1) is 19.4. The maximum atomic E-state index is 13.3. The highest BCUT2D eigenvalue weighted by Gasteiger charge is 2.33. The number of nitrogens with zero attached hydrogens (tertiary/aromatic N) is 2. The summed E-state index contributed by atoms with van der Waals surface area (Å²) < 4.78 is 18.5. The van der Waals surface area contributed by atoms with Crippen LogP contribution in [0.2, 0.25) is 0 Å². The molecule has 0 spiro atoms. The van der Waals surface area contributed by atoms with E-state index in [9.17, 15) is 14.0 Å². The highest BCUT2D eigenvalue weighted by molar-refractivity contribution is 5.98. The van der Waals surface area contributed by atoms with E-state index in [1.807, 2.05) is 23.1 Å². The highest BCUT2D eigenvalue weighted by atomic mass is 19.1. The van der Waals surface area contributed by atoms with Gasteiger partial charge in [0, 0.05) is 30.9 Å². The standard InChI is InChI=1S/C23H25FN2O3/c1-29-20-10-11-21-17(14-20)4-3-13-26(21)23(28)18-5-2-12-25(15-18)22(27)16-6-8-19(24)9-7-16/h6-11,14,18H,2-5,12-13,15H2,1H3. The SMILES string of the molecule is COc1ccc2c(c1)CCCN2C(=O)C1CCCN(C(=O)c2ccc(F)cc2)C1. The van der Waals surface area contributed by atoms with Gasteiger partial charge in [-0.1, -0.05) is 0 Å². The molecule has 2 heterocycles. The Labute approximate surface area is 170 Å². The molecule has 2 aromatic carbocycles. The molecule has 6 heteroatoms. The predicted octanol–water partition coefficient (Wildman–Crippen LogP) is 3.67. The number of aryl methyl sites for hydroxylation is 1. The maximum Gasteiger partial charge on any atom is 0.253 e. The number of benzene rings is 2. The van der Waals surface area contributed by atoms with E-state index in [-0.39, 0.29) is 23.5 Å². The van der Waals surface area contributed by atoms with Crippen LogP contribution in [0.3, 0.4) is 0 Å². The number of fused-ring (bicyclic) bond motifs is 1. The molecule has 1 fully saturated rings. The number of methoxy groups -OCH3 is 1. The topological polar surface area (TPSA) is 49.9 Å². The van der Waals surface area contributed by atoms with Gasteiger partial charge in [-0.25, -0.2) is 4.39 Å². The summed E-state index contributed by atoms with van der Waals surface area (Å²) in [5.41, 5.74) is 2.53. The first-order valence-electron chi connectivity index (χ1n) is 10.1. The summed E-state index contributed by atoms with van der Waals surface area (Å²) in [5, 5.41) is 0. The van der Waals surface area contributed by atoms with Crippen LogP contribution >= 0.6 is 0 Å². The molecule has 0 saturated carbocycles. The van der Waals surface area contributed by atoms with E-state index in [0.29, 0.717) is 25.2 Å². The van der Waals surface area contributed by atoms with E-state index in [0.717, 1.165) is 42.7 Å². The number of amides is 2. The number of halogens is 1. The first-order chi connectivity index (χ1) is 14.1. The summed E-state index contributed by atoms with van der Waals surface area (Å²) in [4.78, 5) is 29.7. The van der Waals surface area contributed by atoms with Crippen LogP contribution in [-0.4, -0.2) is 43.5 Å². The zero-order valence-corrected chi connectivity index (χ0v) is 16.6. The second kappa shape index (κ2) is 8.23. The highest BCUT2D eigenvalue weighted by Crippen LogP contribution is 2.32. The lowest BCUT2D eigenvalue weighted by Crippen LogP contribution is -2.48. The quantitative estimate of drug-likeness (QED) is 0.796. The van der Waals surface area contributed by atoms with Crippen LogP contribution in [0.4, 0.5) is 10.1 Å². The zero-order valence-electron chi connectivity index (χ0n) is 16.6. The minimum Gasteiger partial charge on any atom is -0.497 e. The molecule has 5 nitrogen and oxygen atoms in total. The van der Waals surface area contributed by atoms with Crippen LogP contribution < -0.4 is 9.64 Å². The third-order valence-corrected chi connectivity index (χ3v) is 5.82. The van der Waals surface area contributed by atoms with Crippen LogP contribution in [0, 0.1) is 11.7 Å². The van der Waals surface area contributed by atoms with Crippen molar-refractivity contribution >= 4 is 17.5 Å². The van der Waals surface area contributed by atoms with Gasteiger partial charge >= 0.3 is 0 Å². The Bertz CT molecular complexity index is 913. The molecule has 2 amide bonds. The molecule has 1 saturated heterocycles. The van der Waals surface area contributed by atoms with Crippen molar-refractivity contribution in [2.45, 2.75) is 25.7 Å². The number of carbonyl (C=O) groups excluding carboxylic acids is 2. The summed E-state index contributed by atoms with van der Waals surface area (Å²) in [5.74, 6) is 0.139. The molecule has 0 aromatic heterocycles. The molecule has 29 heavy (non-hydrogen) atoms. The number of ether oxygens (including phenoxy) is 1. The molecule has 2 aliphatic heterocycles. The number of anilines is 1. The van der Waals surface area contributed by atoms with Gasteiger partial charge in [0.15, 0.2) is 0 Å². The Morgan fingerprint density at radius 2 is 1.86 bits per heavy atom. The number of hydrogen-bond donors (Lipinski definition) is 0. The van der Waals surface area contributed by atoms with Crippen molar-refractivity contribution in [2.24, 2.45) is 5.92 Å². The second-order valence-electron chi connectivity index (χ2n) is 7.69. The average molecular weight is 396 g/mol. The van der Waals surface area contributed by atoms with Gasteiger partial charge < -0.3 is 14.5 Å². The smallest absolute Gasteiger partial charge is 0.253 e. The summed E-state index contributed by atoms with van der Waals surface area (Å²) in [6, 6.07) is 11.4. The molecule has 0 aliphatic carbocycles. The fourth-order valence-corrected chi connectivity index (χ4v) is 4.29. The van der Waals surface area contributed by atoms with Gasteiger partial charge in [-0.05, 0) is 73.7 Å². The van der Waals surface area contributed by atoms with E-state index >= 15 is 0 Å². The fourth-order valence-electron chi connectivity index (χ4n) is 4.29. The lowest BCUT2D eigenvalue weighted by atomic mass is 9.93. The normalized spacial score (nSPS) is 18.9. The van der Waals surface area contributed by atoms with E-state index in [4.69, 9.17) is 4.74 Å². The Kier molecular flexibility index (Phi) is 5.51. The molecular weight excluding hydrogens is 371 g/mol. The molecular formula is C23H25FN2O3. The van der Waals surface area contributed by atoms with E-state index in [2.05, 4.69) is 0 Å². The molecule has 0 N–H and O–H groups in total. The minimum absolute atomic E-state index is 0.0766. The predicted molar refractivity (Wildman–Crippen MR) is 109 cm³/mol. The molecule has 4 rings (SSSR count). The number of piperidine rings is 1. The van der Waals surface area contributed by atoms with E-state index in [1.54, 1.807) is 12.0 Å².